The monoisotopic (exact) mass is 415 g/mol. The normalized spacial score (nSPS) is 13.5. The molecule has 5 rings (SSSR count). The van der Waals surface area contributed by atoms with E-state index in [9.17, 15) is 9.18 Å². The second-order valence-corrected chi connectivity index (χ2v) is 8.06. The van der Waals surface area contributed by atoms with E-state index in [1.54, 1.807) is 19.1 Å². The van der Waals surface area contributed by atoms with Crippen molar-refractivity contribution in [2.75, 3.05) is 11.4 Å². The topological polar surface area (TPSA) is 63.4 Å². The Bertz CT molecular complexity index is 1400. The number of benzene rings is 1. The lowest BCUT2D eigenvalue weighted by atomic mass is 9.99. The SMILES string of the molecule is Cc1ccc(-c2cnc3c(c2)CN(c2nn4c(=O)ccnc4c(C)c2C)CC3)cc1F. The molecule has 0 saturated carbocycles. The summed E-state index contributed by atoms with van der Waals surface area (Å²) in [7, 11) is 0. The Balaban J connectivity index is 1.55. The average Bonchev–Trinajstić information content (AvgIpc) is 2.78. The van der Waals surface area contributed by atoms with Gasteiger partial charge in [-0.05, 0) is 49.6 Å². The minimum atomic E-state index is -0.220. The van der Waals surface area contributed by atoms with Gasteiger partial charge in [0.2, 0.25) is 0 Å². The molecule has 0 fully saturated rings. The average molecular weight is 415 g/mol. The first-order chi connectivity index (χ1) is 14.9. The number of rotatable bonds is 2. The maximum absolute atomic E-state index is 14.1. The smallest absolute Gasteiger partial charge is 0.274 e. The molecule has 0 N–H and O–H groups in total. The molecule has 31 heavy (non-hydrogen) atoms. The third-order valence-electron chi connectivity index (χ3n) is 6.10. The van der Waals surface area contributed by atoms with Crippen molar-refractivity contribution < 1.29 is 4.39 Å². The predicted octanol–water partition coefficient (Wildman–Crippen LogP) is 3.78. The number of fused-ring (bicyclic) bond motifs is 2. The van der Waals surface area contributed by atoms with Crippen LogP contribution < -0.4 is 10.5 Å². The number of nitrogens with zero attached hydrogens (tertiary/aromatic N) is 5. The van der Waals surface area contributed by atoms with Gasteiger partial charge in [-0.3, -0.25) is 9.78 Å². The molecule has 7 heteroatoms. The number of aryl methyl sites for hydroxylation is 2. The summed E-state index contributed by atoms with van der Waals surface area (Å²) in [6.45, 7) is 7.11. The van der Waals surface area contributed by atoms with Crippen LogP contribution in [0.5, 0.6) is 0 Å². The van der Waals surface area contributed by atoms with Crippen LogP contribution in [0.3, 0.4) is 0 Å². The number of hydrogen-bond donors (Lipinski definition) is 0. The fourth-order valence-corrected chi connectivity index (χ4v) is 4.10. The number of halogens is 1. The molecule has 0 radical (unpaired) electrons. The van der Waals surface area contributed by atoms with Crippen LogP contribution in [0.25, 0.3) is 16.8 Å². The molecule has 1 aliphatic rings. The van der Waals surface area contributed by atoms with Crippen LogP contribution in [0.15, 0.2) is 47.5 Å². The molecule has 0 bridgehead atoms. The van der Waals surface area contributed by atoms with Gasteiger partial charge in [-0.25, -0.2) is 9.37 Å². The highest BCUT2D eigenvalue weighted by atomic mass is 19.1. The molecule has 6 nitrogen and oxygen atoms in total. The molecule has 0 atom stereocenters. The molecule has 1 aliphatic heterocycles. The molecule has 3 aromatic heterocycles. The maximum Gasteiger partial charge on any atom is 0.274 e. The number of pyridine rings is 1. The summed E-state index contributed by atoms with van der Waals surface area (Å²) < 4.78 is 15.4. The van der Waals surface area contributed by atoms with Gasteiger partial charge in [0.25, 0.3) is 5.56 Å². The second-order valence-electron chi connectivity index (χ2n) is 8.06. The van der Waals surface area contributed by atoms with Crippen LogP contribution in [-0.4, -0.2) is 26.1 Å². The zero-order valence-electron chi connectivity index (χ0n) is 17.7. The molecule has 156 valence electrons. The summed E-state index contributed by atoms with van der Waals surface area (Å²) >= 11 is 0. The molecule has 0 unspecified atom stereocenters. The summed E-state index contributed by atoms with van der Waals surface area (Å²) in [6, 6.07) is 8.75. The van der Waals surface area contributed by atoms with Crippen LogP contribution in [0, 0.1) is 26.6 Å². The van der Waals surface area contributed by atoms with Crippen molar-refractivity contribution in [2.45, 2.75) is 33.7 Å². The highest BCUT2D eigenvalue weighted by molar-refractivity contribution is 5.65. The maximum atomic E-state index is 14.1. The van der Waals surface area contributed by atoms with E-state index >= 15 is 0 Å². The van der Waals surface area contributed by atoms with Crippen LogP contribution in [0.4, 0.5) is 10.2 Å². The molecular weight excluding hydrogens is 393 g/mol. The largest absolute Gasteiger partial charge is 0.350 e. The summed E-state index contributed by atoms with van der Waals surface area (Å²) in [5.41, 5.74) is 6.78. The second kappa shape index (κ2) is 7.27. The Morgan fingerprint density at radius 3 is 2.65 bits per heavy atom. The fourth-order valence-electron chi connectivity index (χ4n) is 4.10. The van der Waals surface area contributed by atoms with Gasteiger partial charge >= 0.3 is 0 Å². The molecule has 0 saturated heterocycles. The number of anilines is 1. The van der Waals surface area contributed by atoms with Gasteiger partial charge in [0.15, 0.2) is 11.5 Å². The number of aromatic nitrogens is 4. The van der Waals surface area contributed by atoms with Gasteiger partial charge in [0, 0.05) is 60.4 Å². The van der Waals surface area contributed by atoms with Gasteiger partial charge in [0.05, 0.1) is 0 Å². The summed E-state index contributed by atoms with van der Waals surface area (Å²) in [4.78, 5) is 23.5. The summed E-state index contributed by atoms with van der Waals surface area (Å²) in [5.74, 6) is 0.555. The van der Waals surface area contributed by atoms with Crippen LogP contribution >= 0.6 is 0 Å². The first kappa shape index (κ1) is 19.4. The predicted molar refractivity (Wildman–Crippen MR) is 118 cm³/mol. The van der Waals surface area contributed by atoms with E-state index in [0.29, 0.717) is 17.8 Å². The third-order valence-corrected chi connectivity index (χ3v) is 6.10. The van der Waals surface area contributed by atoms with Crippen molar-refractivity contribution in [3.8, 4) is 11.1 Å². The Morgan fingerprint density at radius 1 is 1.00 bits per heavy atom. The lowest BCUT2D eigenvalue weighted by Gasteiger charge is -2.31. The molecule has 0 amide bonds. The van der Waals surface area contributed by atoms with Gasteiger partial charge in [0.1, 0.15) is 5.82 Å². The van der Waals surface area contributed by atoms with E-state index < -0.39 is 0 Å². The minimum Gasteiger partial charge on any atom is -0.350 e. The lowest BCUT2D eigenvalue weighted by molar-refractivity contribution is 0.619. The van der Waals surface area contributed by atoms with Crippen molar-refractivity contribution in [3.63, 3.8) is 0 Å². The zero-order chi connectivity index (χ0) is 21.7. The van der Waals surface area contributed by atoms with E-state index in [1.165, 1.54) is 16.8 Å². The number of hydrogen-bond acceptors (Lipinski definition) is 5. The van der Waals surface area contributed by atoms with E-state index in [2.05, 4.69) is 26.0 Å². The highest BCUT2D eigenvalue weighted by Crippen LogP contribution is 2.29. The Kier molecular flexibility index (Phi) is 4.54. The quantitative estimate of drug-likeness (QED) is 0.499. The minimum absolute atomic E-state index is 0.197. The first-order valence-corrected chi connectivity index (χ1v) is 10.3. The molecular formula is C24H22FN5O. The standard InChI is InChI=1S/C24H22FN5O/c1-14-4-5-17(11-20(14)25)18-10-19-13-29(9-7-21(19)27-12-18)24-16(3)15(2)23-26-8-6-22(31)30(23)28-24/h4-6,8,10-12H,7,9,13H2,1-3H3. The lowest BCUT2D eigenvalue weighted by Crippen LogP contribution is -2.33. The molecule has 4 heterocycles. The van der Waals surface area contributed by atoms with Gasteiger partial charge in [-0.2, -0.15) is 4.52 Å². The Morgan fingerprint density at radius 2 is 1.84 bits per heavy atom. The van der Waals surface area contributed by atoms with Crippen LogP contribution in [0.1, 0.15) is 27.9 Å². The zero-order valence-corrected chi connectivity index (χ0v) is 17.7. The van der Waals surface area contributed by atoms with E-state index in [4.69, 9.17) is 0 Å². The molecule has 4 aromatic rings. The molecule has 0 spiro atoms. The van der Waals surface area contributed by atoms with Crippen LogP contribution in [-0.2, 0) is 13.0 Å². The molecule has 0 aliphatic carbocycles. The Labute approximate surface area is 179 Å². The molecule has 1 aromatic carbocycles. The van der Waals surface area contributed by atoms with Crippen molar-refractivity contribution in [1.82, 2.24) is 19.6 Å². The van der Waals surface area contributed by atoms with E-state index in [-0.39, 0.29) is 11.4 Å². The van der Waals surface area contributed by atoms with Crippen molar-refractivity contribution in [1.29, 1.82) is 0 Å². The van der Waals surface area contributed by atoms with E-state index in [0.717, 1.165) is 52.3 Å². The van der Waals surface area contributed by atoms with Crippen molar-refractivity contribution in [2.24, 2.45) is 0 Å². The summed E-state index contributed by atoms with van der Waals surface area (Å²) in [5, 5.41) is 4.63. The highest BCUT2D eigenvalue weighted by Gasteiger charge is 2.23. The van der Waals surface area contributed by atoms with Gasteiger partial charge in [-0.1, -0.05) is 12.1 Å². The Hall–Kier alpha value is -3.61. The summed E-state index contributed by atoms with van der Waals surface area (Å²) in [6.07, 6.45) is 4.11. The van der Waals surface area contributed by atoms with Crippen LogP contribution in [0.2, 0.25) is 0 Å². The van der Waals surface area contributed by atoms with Gasteiger partial charge < -0.3 is 4.90 Å². The van der Waals surface area contributed by atoms with Crippen molar-refractivity contribution in [3.05, 3.63) is 86.8 Å². The van der Waals surface area contributed by atoms with E-state index in [1.807, 2.05) is 26.1 Å². The third kappa shape index (κ3) is 3.26. The first-order valence-electron chi connectivity index (χ1n) is 10.3. The van der Waals surface area contributed by atoms with Crippen molar-refractivity contribution >= 4 is 11.5 Å². The van der Waals surface area contributed by atoms with Gasteiger partial charge in [-0.15, -0.1) is 5.10 Å². The fraction of sp³-hybridized carbons (Fsp3) is 0.250.